The lowest BCUT2D eigenvalue weighted by molar-refractivity contribution is -0.138. The molecule has 0 spiro atoms. The average molecular weight is 372 g/mol. The van der Waals surface area contributed by atoms with Crippen molar-refractivity contribution >= 4 is 29.9 Å². The predicted molar refractivity (Wildman–Crippen MR) is 101 cm³/mol. The molecule has 3 rings (SSSR count). The quantitative estimate of drug-likeness (QED) is 0.886. The Labute approximate surface area is 155 Å². The van der Waals surface area contributed by atoms with E-state index in [1.807, 2.05) is 18.2 Å². The Hall–Kier alpha value is -0.810. The molecule has 2 aliphatic rings. The normalized spacial score (nSPS) is 25.2. The monoisotopic (exact) mass is 371 g/mol. The number of piperidine rings is 1. The summed E-state index contributed by atoms with van der Waals surface area (Å²) >= 11 is 6.24. The van der Waals surface area contributed by atoms with Crippen LogP contribution in [0.1, 0.15) is 25.3 Å². The third-order valence-electron chi connectivity index (χ3n) is 5.01. The summed E-state index contributed by atoms with van der Waals surface area (Å²) in [6.45, 7) is 7.52. The maximum atomic E-state index is 12.7. The van der Waals surface area contributed by atoms with E-state index >= 15 is 0 Å². The minimum absolute atomic E-state index is 0. The van der Waals surface area contributed by atoms with Gasteiger partial charge in [-0.1, -0.05) is 29.8 Å². The highest BCUT2D eigenvalue weighted by Crippen LogP contribution is 2.21. The molecule has 1 amide bonds. The van der Waals surface area contributed by atoms with Crippen LogP contribution in [-0.2, 0) is 11.3 Å². The van der Waals surface area contributed by atoms with Crippen LogP contribution >= 0.6 is 24.0 Å². The van der Waals surface area contributed by atoms with Crippen molar-refractivity contribution in [2.45, 2.75) is 32.4 Å². The number of hydrogen-bond acceptors (Lipinski definition) is 3. The summed E-state index contributed by atoms with van der Waals surface area (Å²) in [6.07, 6.45) is 1.95. The number of rotatable bonds is 3. The molecule has 0 aromatic heterocycles. The molecule has 1 N–H and O–H groups in total. The van der Waals surface area contributed by atoms with Gasteiger partial charge in [-0.25, -0.2) is 0 Å². The summed E-state index contributed by atoms with van der Waals surface area (Å²) in [5.74, 6) is 0.567. The Kier molecular flexibility index (Phi) is 7.35. The zero-order valence-corrected chi connectivity index (χ0v) is 15.8. The molecule has 2 atom stereocenters. The molecular formula is C18H27Cl2N3O. The van der Waals surface area contributed by atoms with E-state index in [0.717, 1.165) is 57.1 Å². The van der Waals surface area contributed by atoms with Crippen LogP contribution in [0.25, 0.3) is 0 Å². The van der Waals surface area contributed by atoms with Gasteiger partial charge in [0.1, 0.15) is 0 Å². The second-order valence-electron chi connectivity index (χ2n) is 6.77. The van der Waals surface area contributed by atoms with E-state index in [1.165, 1.54) is 5.56 Å². The Balaban J connectivity index is 0.00000208. The first kappa shape index (κ1) is 19.5. The van der Waals surface area contributed by atoms with Gasteiger partial charge in [0.25, 0.3) is 0 Å². The van der Waals surface area contributed by atoms with E-state index in [2.05, 4.69) is 28.1 Å². The second kappa shape index (κ2) is 9.04. The number of halogens is 2. The summed E-state index contributed by atoms with van der Waals surface area (Å²) in [5, 5.41) is 4.25. The molecule has 2 fully saturated rings. The minimum Gasteiger partial charge on any atom is -0.340 e. The first-order chi connectivity index (χ1) is 11.1. The number of carbonyl (C=O) groups excluding carboxylic acids is 1. The van der Waals surface area contributed by atoms with Crippen molar-refractivity contribution in [1.82, 2.24) is 15.1 Å². The van der Waals surface area contributed by atoms with Crippen LogP contribution < -0.4 is 5.32 Å². The van der Waals surface area contributed by atoms with Crippen molar-refractivity contribution in [2.75, 3.05) is 32.7 Å². The fourth-order valence-electron chi connectivity index (χ4n) is 3.61. The van der Waals surface area contributed by atoms with Crippen molar-refractivity contribution in [1.29, 1.82) is 0 Å². The van der Waals surface area contributed by atoms with E-state index in [1.54, 1.807) is 0 Å². The van der Waals surface area contributed by atoms with Gasteiger partial charge in [-0.05, 0) is 37.9 Å². The Morgan fingerprint density at radius 1 is 1.25 bits per heavy atom. The van der Waals surface area contributed by atoms with Gasteiger partial charge in [0.05, 0.1) is 0 Å². The van der Waals surface area contributed by atoms with Crippen LogP contribution in [0.3, 0.4) is 0 Å². The number of nitrogens with zero attached hydrogens (tertiary/aromatic N) is 2. The van der Waals surface area contributed by atoms with Crippen LogP contribution in [0.5, 0.6) is 0 Å². The van der Waals surface area contributed by atoms with Crippen LogP contribution in [0, 0.1) is 5.92 Å². The molecule has 4 nitrogen and oxygen atoms in total. The number of hydrogen-bond donors (Lipinski definition) is 1. The van der Waals surface area contributed by atoms with Gasteiger partial charge in [0.15, 0.2) is 0 Å². The Morgan fingerprint density at radius 3 is 2.62 bits per heavy atom. The highest BCUT2D eigenvalue weighted by Gasteiger charge is 2.30. The van der Waals surface area contributed by atoms with Crippen molar-refractivity contribution < 1.29 is 4.79 Å². The molecule has 134 valence electrons. The Bertz CT molecular complexity index is 547. The molecule has 1 aromatic carbocycles. The molecule has 0 unspecified atom stereocenters. The maximum Gasteiger partial charge on any atom is 0.225 e. The van der Waals surface area contributed by atoms with E-state index < -0.39 is 0 Å². The van der Waals surface area contributed by atoms with E-state index in [4.69, 9.17) is 11.6 Å². The van der Waals surface area contributed by atoms with Crippen molar-refractivity contribution in [2.24, 2.45) is 5.92 Å². The summed E-state index contributed by atoms with van der Waals surface area (Å²) in [5.41, 5.74) is 1.17. The van der Waals surface area contributed by atoms with Gasteiger partial charge >= 0.3 is 0 Å². The zero-order chi connectivity index (χ0) is 16.2. The standard InChI is InChI=1S/C18H26ClN3O.ClH/c1-14-12-15(6-7-20-14)18(23)22-10-8-21(9-11-22)13-16-4-2-3-5-17(16)19;/h2-5,14-15,20H,6-13H2,1H3;1H/t14-,15-;/m0./s1. The lowest BCUT2D eigenvalue weighted by Gasteiger charge is -2.38. The van der Waals surface area contributed by atoms with E-state index in [9.17, 15) is 4.79 Å². The number of piperazine rings is 1. The summed E-state index contributed by atoms with van der Waals surface area (Å²) in [7, 11) is 0. The molecule has 0 radical (unpaired) electrons. The molecule has 0 aliphatic carbocycles. The van der Waals surface area contributed by atoms with Gasteiger partial charge in [-0.3, -0.25) is 9.69 Å². The summed E-state index contributed by atoms with van der Waals surface area (Å²) < 4.78 is 0. The van der Waals surface area contributed by atoms with Gasteiger partial charge in [0.2, 0.25) is 5.91 Å². The predicted octanol–water partition coefficient (Wildman–Crippen LogP) is 2.79. The summed E-state index contributed by atoms with van der Waals surface area (Å²) in [6, 6.07) is 8.46. The molecule has 2 saturated heterocycles. The van der Waals surface area contributed by atoms with Gasteiger partial charge in [0, 0.05) is 49.7 Å². The first-order valence-corrected chi connectivity index (χ1v) is 8.99. The molecule has 24 heavy (non-hydrogen) atoms. The van der Waals surface area contributed by atoms with Gasteiger partial charge < -0.3 is 10.2 Å². The maximum absolute atomic E-state index is 12.7. The van der Waals surface area contributed by atoms with Crippen LogP contribution in [0.4, 0.5) is 0 Å². The van der Waals surface area contributed by atoms with E-state index in [0.29, 0.717) is 11.9 Å². The molecule has 0 saturated carbocycles. The zero-order valence-electron chi connectivity index (χ0n) is 14.2. The highest BCUT2D eigenvalue weighted by atomic mass is 35.5. The largest absolute Gasteiger partial charge is 0.340 e. The molecule has 6 heteroatoms. The van der Waals surface area contributed by atoms with Gasteiger partial charge in [-0.2, -0.15) is 0 Å². The lowest BCUT2D eigenvalue weighted by atomic mass is 9.92. The van der Waals surface area contributed by atoms with Crippen molar-refractivity contribution in [3.05, 3.63) is 34.9 Å². The number of carbonyl (C=O) groups is 1. The number of benzene rings is 1. The van der Waals surface area contributed by atoms with Crippen molar-refractivity contribution in [3.63, 3.8) is 0 Å². The number of amides is 1. The highest BCUT2D eigenvalue weighted by molar-refractivity contribution is 6.31. The average Bonchev–Trinajstić information content (AvgIpc) is 2.57. The smallest absolute Gasteiger partial charge is 0.225 e. The fraction of sp³-hybridized carbons (Fsp3) is 0.611. The molecule has 2 heterocycles. The molecule has 2 aliphatic heterocycles. The van der Waals surface area contributed by atoms with Crippen LogP contribution in [0.15, 0.2) is 24.3 Å². The fourth-order valence-corrected chi connectivity index (χ4v) is 3.80. The summed E-state index contributed by atoms with van der Waals surface area (Å²) in [4.78, 5) is 17.1. The van der Waals surface area contributed by atoms with Crippen LogP contribution in [-0.4, -0.2) is 54.5 Å². The second-order valence-corrected chi connectivity index (χ2v) is 7.18. The SMILES string of the molecule is C[C@H]1C[C@@H](C(=O)N2CCN(Cc3ccccc3Cl)CC2)CCN1.Cl. The topological polar surface area (TPSA) is 35.6 Å². The third kappa shape index (κ3) is 4.85. The number of nitrogens with one attached hydrogen (secondary N) is 1. The first-order valence-electron chi connectivity index (χ1n) is 8.61. The Morgan fingerprint density at radius 2 is 1.96 bits per heavy atom. The minimum atomic E-state index is 0. The van der Waals surface area contributed by atoms with Crippen LogP contribution in [0.2, 0.25) is 5.02 Å². The molecule has 1 aromatic rings. The third-order valence-corrected chi connectivity index (χ3v) is 5.38. The van der Waals surface area contributed by atoms with Crippen molar-refractivity contribution in [3.8, 4) is 0 Å². The van der Waals surface area contributed by atoms with E-state index in [-0.39, 0.29) is 18.3 Å². The molecular weight excluding hydrogens is 345 g/mol. The molecule has 0 bridgehead atoms. The van der Waals surface area contributed by atoms with Gasteiger partial charge in [-0.15, -0.1) is 12.4 Å². The lowest BCUT2D eigenvalue weighted by Crippen LogP contribution is -2.51.